The first-order valence-corrected chi connectivity index (χ1v) is 6.76. The van der Waals surface area contributed by atoms with E-state index in [0.717, 1.165) is 19.0 Å². The molecule has 2 atom stereocenters. The van der Waals surface area contributed by atoms with Crippen LogP contribution in [-0.4, -0.2) is 20.3 Å². The summed E-state index contributed by atoms with van der Waals surface area (Å²) < 4.78 is 32.3. The molecular weight excluding hydrogens is 248 g/mol. The molecule has 2 unspecified atom stereocenters. The summed E-state index contributed by atoms with van der Waals surface area (Å²) >= 11 is 0. The first-order valence-electron chi connectivity index (χ1n) is 6.76. The first-order chi connectivity index (χ1) is 9.10. The predicted octanol–water partition coefficient (Wildman–Crippen LogP) is 3.68. The lowest BCUT2D eigenvalue weighted by Crippen LogP contribution is -2.26. The molecule has 2 nitrogen and oxygen atoms in total. The van der Waals surface area contributed by atoms with Gasteiger partial charge in [0.1, 0.15) is 0 Å². The molecule has 19 heavy (non-hydrogen) atoms. The Morgan fingerprint density at radius 1 is 1.32 bits per heavy atom. The molecular formula is C15H23F2NO. The van der Waals surface area contributed by atoms with Gasteiger partial charge in [-0.05, 0) is 31.4 Å². The van der Waals surface area contributed by atoms with Gasteiger partial charge in [-0.3, -0.25) is 0 Å². The molecule has 1 rings (SSSR count). The van der Waals surface area contributed by atoms with Gasteiger partial charge in [0.2, 0.25) is 0 Å². The highest BCUT2D eigenvalue weighted by Gasteiger charge is 2.19. The number of hydrogen-bond acceptors (Lipinski definition) is 2. The lowest BCUT2D eigenvalue weighted by molar-refractivity contribution is 0.149. The predicted molar refractivity (Wildman–Crippen MR) is 73.0 cm³/mol. The van der Waals surface area contributed by atoms with Gasteiger partial charge < -0.3 is 10.1 Å². The largest absolute Gasteiger partial charge is 0.384 e. The van der Waals surface area contributed by atoms with Crippen LogP contribution < -0.4 is 5.32 Å². The summed E-state index contributed by atoms with van der Waals surface area (Å²) in [6.07, 6.45) is 1.67. The molecule has 1 aromatic rings. The summed E-state index contributed by atoms with van der Waals surface area (Å²) in [5, 5.41) is 3.28. The Labute approximate surface area is 114 Å². The minimum absolute atomic E-state index is 0.180. The van der Waals surface area contributed by atoms with Crippen molar-refractivity contribution in [2.75, 3.05) is 20.3 Å². The minimum atomic E-state index is -0.791. The number of methoxy groups -OCH3 is 1. The van der Waals surface area contributed by atoms with Gasteiger partial charge >= 0.3 is 0 Å². The normalized spacial score (nSPS) is 14.4. The van der Waals surface area contributed by atoms with Crippen LogP contribution in [0, 0.1) is 17.6 Å². The third kappa shape index (κ3) is 4.88. The number of halogens is 2. The molecule has 0 aromatic heterocycles. The van der Waals surface area contributed by atoms with Crippen molar-refractivity contribution in [1.82, 2.24) is 5.32 Å². The average molecular weight is 271 g/mol. The van der Waals surface area contributed by atoms with Crippen molar-refractivity contribution in [3.63, 3.8) is 0 Å². The van der Waals surface area contributed by atoms with Crippen LogP contribution in [0.3, 0.4) is 0 Å². The van der Waals surface area contributed by atoms with Crippen molar-refractivity contribution < 1.29 is 13.5 Å². The van der Waals surface area contributed by atoms with Gasteiger partial charge in [0, 0.05) is 25.3 Å². The van der Waals surface area contributed by atoms with Crippen molar-refractivity contribution in [2.45, 2.75) is 32.7 Å². The van der Waals surface area contributed by atoms with Gasteiger partial charge in [-0.1, -0.05) is 26.0 Å². The molecule has 1 aromatic carbocycles. The maximum Gasteiger partial charge on any atom is 0.163 e. The molecule has 0 bridgehead atoms. The Bertz CT molecular complexity index is 384. The van der Waals surface area contributed by atoms with Crippen LogP contribution in [0.15, 0.2) is 18.2 Å². The summed E-state index contributed by atoms with van der Waals surface area (Å²) in [4.78, 5) is 0. The molecule has 0 aliphatic rings. The summed E-state index contributed by atoms with van der Waals surface area (Å²) in [6, 6.07) is 4.16. The third-order valence-electron chi connectivity index (χ3n) is 3.09. The average Bonchev–Trinajstić information content (AvgIpc) is 2.38. The Kier molecular flexibility index (Phi) is 6.95. The first kappa shape index (κ1) is 16.1. The second-order valence-electron chi connectivity index (χ2n) is 4.95. The van der Waals surface area contributed by atoms with E-state index in [1.165, 1.54) is 0 Å². The molecule has 0 aliphatic heterocycles. The maximum absolute atomic E-state index is 13.9. The zero-order valence-electron chi connectivity index (χ0n) is 11.9. The summed E-state index contributed by atoms with van der Waals surface area (Å²) in [7, 11) is 1.65. The maximum atomic E-state index is 13.9. The quantitative estimate of drug-likeness (QED) is 0.778. The van der Waals surface area contributed by atoms with Gasteiger partial charge in [-0.15, -0.1) is 0 Å². The molecule has 0 spiro atoms. The summed E-state index contributed by atoms with van der Waals surface area (Å²) in [5.74, 6) is -1.26. The zero-order valence-corrected chi connectivity index (χ0v) is 11.9. The van der Waals surface area contributed by atoms with E-state index in [1.807, 2.05) is 13.8 Å². The fraction of sp³-hybridized carbons (Fsp3) is 0.600. The van der Waals surface area contributed by atoms with Crippen molar-refractivity contribution in [1.29, 1.82) is 0 Å². The molecule has 0 saturated carbocycles. The Morgan fingerprint density at radius 2 is 2.05 bits per heavy atom. The second kappa shape index (κ2) is 8.23. The number of ether oxygens (including phenoxy) is 1. The lowest BCUT2D eigenvalue weighted by Gasteiger charge is -2.23. The van der Waals surface area contributed by atoms with E-state index in [4.69, 9.17) is 4.74 Å². The number of benzene rings is 1. The van der Waals surface area contributed by atoms with Crippen molar-refractivity contribution >= 4 is 0 Å². The number of hydrogen-bond donors (Lipinski definition) is 1. The van der Waals surface area contributed by atoms with E-state index < -0.39 is 11.6 Å². The fourth-order valence-corrected chi connectivity index (χ4v) is 2.18. The fourth-order valence-electron chi connectivity index (χ4n) is 2.18. The van der Waals surface area contributed by atoms with Crippen LogP contribution in [0.5, 0.6) is 0 Å². The van der Waals surface area contributed by atoms with E-state index in [0.29, 0.717) is 18.6 Å². The molecule has 0 fully saturated rings. The molecule has 0 saturated heterocycles. The van der Waals surface area contributed by atoms with Crippen molar-refractivity contribution in [3.05, 3.63) is 35.4 Å². The highest BCUT2D eigenvalue weighted by molar-refractivity contribution is 5.22. The molecule has 4 heteroatoms. The van der Waals surface area contributed by atoms with Crippen LogP contribution in [-0.2, 0) is 4.74 Å². The standard InChI is InChI=1S/C15H23F2NO/c1-4-8-18-14(9-11(2)10-19-3)12-6-5-7-13(16)15(12)17/h5-7,11,14,18H,4,8-10H2,1-3H3. The van der Waals surface area contributed by atoms with Gasteiger partial charge in [0.25, 0.3) is 0 Å². The van der Waals surface area contributed by atoms with Gasteiger partial charge in [0.05, 0.1) is 0 Å². The highest BCUT2D eigenvalue weighted by atomic mass is 19.2. The van der Waals surface area contributed by atoms with E-state index in [2.05, 4.69) is 5.32 Å². The Morgan fingerprint density at radius 3 is 2.68 bits per heavy atom. The third-order valence-corrected chi connectivity index (χ3v) is 3.09. The zero-order chi connectivity index (χ0) is 14.3. The number of nitrogens with one attached hydrogen (secondary N) is 1. The molecule has 0 heterocycles. The van der Waals surface area contributed by atoms with Crippen LogP contribution in [0.2, 0.25) is 0 Å². The van der Waals surface area contributed by atoms with Gasteiger partial charge in [-0.2, -0.15) is 0 Å². The van der Waals surface area contributed by atoms with E-state index in [-0.39, 0.29) is 12.0 Å². The molecule has 108 valence electrons. The molecule has 0 radical (unpaired) electrons. The van der Waals surface area contributed by atoms with Crippen molar-refractivity contribution in [3.8, 4) is 0 Å². The molecule has 0 amide bonds. The molecule has 0 aliphatic carbocycles. The number of rotatable bonds is 8. The van der Waals surface area contributed by atoms with Crippen LogP contribution in [0.25, 0.3) is 0 Å². The summed E-state index contributed by atoms with van der Waals surface area (Å²) in [6.45, 7) is 5.48. The van der Waals surface area contributed by atoms with Gasteiger partial charge in [-0.25, -0.2) is 8.78 Å². The van der Waals surface area contributed by atoms with E-state index in [9.17, 15) is 8.78 Å². The Hall–Kier alpha value is -1.00. The monoisotopic (exact) mass is 271 g/mol. The smallest absolute Gasteiger partial charge is 0.163 e. The van der Waals surface area contributed by atoms with E-state index >= 15 is 0 Å². The van der Waals surface area contributed by atoms with Gasteiger partial charge in [0.15, 0.2) is 11.6 Å². The van der Waals surface area contributed by atoms with Crippen LogP contribution in [0.1, 0.15) is 38.3 Å². The second-order valence-corrected chi connectivity index (χ2v) is 4.95. The lowest BCUT2D eigenvalue weighted by atomic mass is 9.95. The van der Waals surface area contributed by atoms with Crippen molar-refractivity contribution in [2.24, 2.45) is 5.92 Å². The van der Waals surface area contributed by atoms with Crippen LogP contribution >= 0.6 is 0 Å². The van der Waals surface area contributed by atoms with E-state index in [1.54, 1.807) is 19.2 Å². The highest BCUT2D eigenvalue weighted by Crippen LogP contribution is 2.25. The van der Waals surface area contributed by atoms with Crippen LogP contribution in [0.4, 0.5) is 8.78 Å². The topological polar surface area (TPSA) is 21.3 Å². The SMILES string of the molecule is CCCNC(CC(C)COC)c1cccc(F)c1F. The summed E-state index contributed by atoms with van der Waals surface area (Å²) in [5.41, 5.74) is 0.399. The minimum Gasteiger partial charge on any atom is -0.384 e. The molecule has 1 N–H and O–H groups in total. The Balaban J connectivity index is 2.85.